The van der Waals surface area contributed by atoms with Crippen LogP contribution in [0.4, 0.5) is 0 Å². The number of piperidine rings is 1. The Morgan fingerprint density at radius 2 is 2.18 bits per heavy atom. The first-order valence-corrected chi connectivity index (χ1v) is 6.64. The van der Waals surface area contributed by atoms with Crippen LogP contribution < -0.4 is 0 Å². The normalized spacial score (nSPS) is 32.5. The second-order valence-electron chi connectivity index (χ2n) is 5.76. The van der Waals surface area contributed by atoms with Gasteiger partial charge < -0.3 is 14.7 Å². The van der Waals surface area contributed by atoms with Crippen LogP contribution in [0.5, 0.6) is 0 Å². The summed E-state index contributed by atoms with van der Waals surface area (Å²) in [4.78, 5) is 13.6. The Labute approximate surface area is 103 Å². The fraction of sp³-hybridized carbons (Fsp3) is 0.923. The first kappa shape index (κ1) is 12.8. The van der Waals surface area contributed by atoms with Crippen molar-refractivity contribution in [1.82, 2.24) is 4.90 Å². The van der Waals surface area contributed by atoms with E-state index in [1.807, 2.05) is 6.92 Å². The number of carbonyl (C=O) groups is 1. The van der Waals surface area contributed by atoms with Crippen LogP contribution in [0, 0.1) is 11.3 Å². The molecule has 0 saturated carbocycles. The maximum absolute atomic E-state index is 11.3. The Balaban J connectivity index is 1.86. The molecule has 0 amide bonds. The molecular weight excluding hydrogens is 218 g/mol. The molecule has 98 valence electrons. The van der Waals surface area contributed by atoms with Crippen molar-refractivity contribution in [1.29, 1.82) is 0 Å². The van der Waals surface area contributed by atoms with Gasteiger partial charge in [-0.2, -0.15) is 0 Å². The van der Waals surface area contributed by atoms with E-state index < -0.39 is 11.4 Å². The number of hydrogen-bond donors (Lipinski definition) is 1. The van der Waals surface area contributed by atoms with E-state index >= 15 is 0 Å². The van der Waals surface area contributed by atoms with Gasteiger partial charge in [-0.3, -0.25) is 4.79 Å². The topological polar surface area (TPSA) is 49.8 Å². The molecule has 2 fully saturated rings. The number of rotatable bonds is 3. The zero-order valence-electron chi connectivity index (χ0n) is 10.7. The van der Waals surface area contributed by atoms with Crippen LogP contribution in [0.15, 0.2) is 0 Å². The number of carboxylic acid groups (broad SMARTS) is 1. The van der Waals surface area contributed by atoms with Crippen molar-refractivity contribution in [3.8, 4) is 0 Å². The number of hydrogen-bond acceptors (Lipinski definition) is 3. The molecule has 0 spiro atoms. The van der Waals surface area contributed by atoms with E-state index in [9.17, 15) is 9.90 Å². The Hall–Kier alpha value is -0.610. The van der Waals surface area contributed by atoms with Gasteiger partial charge in [-0.25, -0.2) is 0 Å². The lowest BCUT2D eigenvalue weighted by molar-refractivity contribution is -0.151. The zero-order valence-corrected chi connectivity index (χ0v) is 10.7. The molecule has 0 bridgehead atoms. The highest BCUT2D eigenvalue weighted by atomic mass is 16.5. The van der Waals surface area contributed by atoms with Crippen LogP contribution >= 0.6 is 0 Å². The predicted molar refractivity (Wildman–Crippen MR) is 65.0 cm³/mol. The summed E-state index contributed by atoms with van der Waals surface area (Å²) in [6, 6.07) is 0. The Kier molecular flexibility index (Phi) is 4.05. The van der Waals surface area contributed by atoms with Crippen LogP contribution in [0.25, 0.3) is 0 Å². The van der Waals surface area contributed by atoms with Crippen molar-refractivity contribution < 1.29 is 14.6 Å². The lowest BCUT2D eigenvalue weighted by atomic mass is 9.81. The number of aliphatic carboxylic acids is 1. The van der Waals surface area contributed by atoms with Crippen molar-refractivity contribution in [3.05, 3.63) is 0 Å². The molecule has 2 rings (SSSR count). The number of ether oxygens (including phenoxy) is 1. The average molecular weight is 241 g/mol. The lowest BCUT2D eigenvalue weighted by Gasteiger charge is -2.39. The van der Waals surface area contributed by atoms with Gasteiger partial charge in [0.05, 0.1) is 5.41 Å². The number of nitrogens with zero attached hydrogens (tertiary/aromatic N) is 1. The molecule has 0 aliphatic carbocycles. The molecule has 4 nitrogen and oxygen atoms in total. The molecule has 0 radical (unpaired) electrons. The van der Waals surface area contributed by atoms with Crippen molar-refractivity contribution in [2.24, 2.45) is 11.3 Å². The minimum Gasteiger partial charge on any atom is -0.481 e. The van der Waals surface area contributed by atoms with Crippen molar-refractivity contribution in [3.63, 3.8) is 0 Å². The van der Waals surface area contributed by atoms with Gasteiger partial charge in [0.1, 0.15) is 0 Å². The van der Waals surface area contributed by atoms with Gasteiger partial charge in [0.25, 0.3) is 0 Å². The Morgan fingerprint density at radius 3 is 2.82 bits per heavy atom. The van der Waals surface area contributed by atoms with Crippen molar-refractivity contribution in [2.75, 3.05) is 32.8 Å². The largest absolute Gasteiger partial charge is 0.481 e. The van der Waals surface area contributed by atoms with E-state index in [1.54, 1.807) is 0 Å². The minimum absolute atomic E-state index is 0.538. The Bertz CT molecular complexity index is 276. The summed E-state index contributed by atoms with van der Waals surface area (Å²) in [6.45, 7) is 6.43. The van der Waals surface area contributed by atoms with Crippen LogP contribution in [-0.4, -0.2) is 48.8 Å². The second kappa shape index (κ2) is 5.36. The smallest absolute Gasteiger partial charge is 0.310 e. The van der Waals surface area contributed by atoms with Crippen LogP contribution in [0.1, 0.15) is 32.6 Å². The van der Waals surface area contributed by atoms with Crippen molar-refractivity contribution in [2.45, 2.75) is 32.6 Å². The molecule has 2 saturated heterocycles. The highest BCUT2D eigenvalue weighted by Crippen LogP contribution is 2.30. The van der Waals surface area contributed by atoms with Gasteiger partial charge in [0, 0.05) is 26.3 Å². The average Bonchev–Trinajstić information content (AvgIpc) is 2.30. The predicted octanol–water partition coefficient (Wildman–Crippen LogP) is 1.60. The summed E-state index contributed by atoms with van der Waals surface area (Å²) in [6.07, 6.45) is 4.07. The summed E-state index contributed by atoms with van der Waals surface area (Å²) in [5.41, 5.74) is -0.538. The van der Waals surface area contributed by atoms with Gasteiger partial charge in [-0.1, -0.05) is 0 Å². The zero-order chi connectivity index (χ0) is 12.3. The molecule has 2 aliphatic heterocycles. The highest BCUT2D eigenvalue weighted by molar-refractivity contribution is 5.74. The van der Waals surface area contributed by atoms with E-state index in [0.717, 1.165) is 52.0 Å². The minimum atomic E-state index is -0.644. The van der Waals surface area contributed by atoms with E-state index in [-0.39, 0.29) is 0 Å². The summed E-state index contributed by atoms with van der Waals surface area (Å²) < 4.78 is 5.36. The molecule has 1 atom stereocenters. The third-order valence-corrected chi connectivity index (χ3v) is 4.15. The Morgan fingerprint density at radius 1 is 1.47 bits per heavy atom. The summed E-state index contributed by atoms with van der Waals surface area (Å²) in [5.74, 6) is 0.0501. The third kappa shape index (κ3) is 3.19. The maximum Gasteiger partial charge on any atom is 0.310 e. The molecule has 0 aromatic carbocycles. The van der Waals surface area contributed by atoms with Gasteiger partial charge in [-0.05, 0) is 45.1 Å². The number of carboxylic acids is 1. The summed E-state index contributed by atoms with van der Waals surface area (Å²) in [7, 11) is 0. The molecule has 2 heterocycles. The fourth-order valence-electron chi connectivity index (χ4n) is 2.97. The molecule has 1 N–H and O–H groups in total. The monoisotopic (exact) mass is 241 g/mol. The highest BCUT2D eigenvalue weighted by Gasteiger charge is 2.38. The summed E-state index contributed by atoms with van der Waals surface area (Å²) in [5, 5.41) is 9.27. The maximum atomic E-state index is 11.3. The fourth-order valence-corrected chi connectivity index (χ4v) is 2.97. The molecule has 2 aliphatic rings. The molecule has 17 heavy (non-hydrogen) atoms. The van der Waals surface area contributed by atoms with Crippen LogP contribution in [0.3, 0.4) is 0 Å². The SMILES string of the molecule is CC1(C(=O)O)CCCN(CC2CCOCC2)C1. The quantitative estimate of drug-likeness (QED) is 0.815. The molecule has 0 aromatic heterocycles. The second-order valence-corrected chi connectivity index (χ2v) is 5.76. The molecule has 4 heteroatoms. The lowest BCUT2D eigenvalue weighted by Crippen LogP contribution is -2.47. The third-order valence-electron chi connectivity index (χ3n) is 4.15. The van der Waals surface area contributed by atoms with Gasteiger partial charge in [0.2, 0.25) is 0 Å². The van der Waals surface area contributed by atoms with Gasteiger partial charge in [-0.15, -0.1) is 0 Å². The van der Waals surface area contributed by atoms with Crippen molar-refractivity contribution >= 4 is 5.97 Å². The first-order chi connectivity index (χ1) is 8.10. The van der Waals surface area contributed by atoms with Gasteiger partial charge in [0.15, 0.2) is 0 Å². The van der Waals surface area contributed by atoms with E-state index in [1.165, 1.54) is 0 Å². The van der Waals surface area contributed by atoms with E-state index in [4.69, 9.17) is 4.74 Å². The first-order valence-electron chi connectivity index (χ1n) is 6.64. The molecular formula is C13H23NO3. The summed E-state index contributed by atoms with van der Waals surface area (Å²) >= 11 is 0. The van der Waals surface area contributed by atoms with E-state index in [2.05, 4.69) is 4.90 Å². The van der Waals surface area contributed by atoms with Crippen LogP contribution in [-0.2, 0) is 9.53 Å². The number of likely N-dealkylation sites (tertiary alicyclic amines) is 1. The van der Waals surface area contributed by atoms with E-state index in [0.29, 0.717) is 12.5 Å². The molecule has 0 aromatic rings. The van der Waals surface area contributed by atoms with Crippen LogP contribution in [0.2, 0.25) is 0 Å². The standard InChI is InChI=1S/C13H23NO3/c1-13(12(15)16)5-2-6-14(10-13)9-11-3-7-17-8-4-11/h11H,2-10H2,1H3,(H,15,16). The molecule has 1 unspecified atom stereocenters. The van der Waals surface area contributed by atoms with Gasteiger partial charge >= 0.3 is 5.97 Å².